The zero-order chi connectivity index (χ0) is 11.3. The van der Waals surface area contributed by atoms with Gasteiger partial charge in [-0.2, -0.15) is 0 Å². The van der Waals surface area contributed by atoms with Gasteiger partial charge >= 0.3 is 0 Å². The molecule has 4 nitrogen and oxygen atoms in total. The predicted octanol–water partition coefficient (Wildman–Crippen LogP) is 0.771. The van der Waals surface area contributed by atoms with Gasteiger partial charge in [0.2, 0.25) is 11.8 Å². The van der Waals surface area contributed by atoms with Crippen LogP contribution in [0.3, 0.4) is 0 Å². The SMILES string of the molecule is CC(C)CCCCN1CC(=O)NC(=O)C1. The van der Waals surface area contributed by atoms with E-state index in [9.17, 15) is 9.59 Å². The van der Waals surface area contributed by atoms with Crippen LogP contribution in [-0.4, -0.2) is 36.3 Å². The summed E-state index contributed by atoms with van der Waals surface area (Å²) in [5.41, 5.74) is 0. The second kappa shape index (κ2) is 5.85. The molecule has 2 amide bonds. The van der Waals surface area contributed by atoms with E-state index in [-0.39, 0.29) is 11.8 Å². The van der Waals surface area contributed by atoms with Crippen molar-refractivity contribution >= 4 is 11.8 Å². The van der Waals surface area contributed by atoms with Crippen LogP contribution in [0.1, 0.15) is 33.1 Å². The summed E-state index contributed by atoms with van der Waals surface area (Å²) in [6, 6.07) is 0. The Bertz CT molecular complexity index is 223. The molecule has 0 bridgehead atoms. The van der Waals surface area contributed by atoms with Crippen LogP contribution >= 0.6 is 0 Å². The Kier molecular flexibility index (Phi) is 4.75. The van der Waals surface area contributed by atoms with Crippen LogP contribution in [0.5, 0.6) is 0 Å². The van der Waals surface area contributed by atoms with Crippen LogP contribution in [-0.2, 0) is 9.59 Å². The van der Waals surface area contributed by atoms with E-state index in [4.69, 9.17) is 0 Å². The van der Waals surface area contributed by atoms with Crippen molar-refractivity contribution in [3.8, 4) is 0 Å². The fourth-order valence-electron chi connectivity index (χ4n) is 1.74. The number of amides is 2. The second-order valence-electron chi connectivity index (χ2n) is 4.57. The molecule has 4 heteroatoms. The number of imide groups is 1. The van der Waals surface area contributed by atoms with E-state index in [0.29, 0.717) is 13.1 Å². The van der Waals surface area contributed by atoms with E-state index in [1.54, 1.807) is 0 Å². The third kappa shape index (κ3) is 4.93. The van der Waals surface area contributed by atoms with E-state index < -0.39 is 0 Å². The lowest BCUT2D eigenvalue weighted by Gasteiger charge is -2.25. The number of rotatable bonds is 5. The van der Waals surface area contributed by atoms with Gasteiger partial charge in [0.1, 0.15) is 0 Å². The normalized spacial score (nSPS) is 18.3. The standard InChI is InChI=1S/C11H20N2O2/c1-9(2)5-3-4-6-13-7-10(14)12-11(15)8-13/h9H,3-8H2,1-2H3,(H,12,14,15). The monoisotopic (exact) mass is 212 g/mol. The molecule has 1 fully saturated rings. The van der Waals surface area contributed by atoms with Crippen molar-refractivity contribution in [2.24, 2.45) is 5.92 Å². The van der Waals surface area contributed by atoms with E-state index in [1.807, 2.05) is 4.90 Å². The molecule has 1 aliphatic heterocycles. The molecule has 0 radical (unpaired) electrons. The van der Waals surface area contributed by atoms with E-state index in [1.165, 1.54) is 12.8 Å². The van der Waals surface area contributed by atoms with Gasteiger partial charge in [0, 0.05) is 0 Å². The van der Waals surface area contributed by atoms with Gasteiger partial charge in [0.05, 0.1) is 13.1 Å². The van der Waals surface area contributed by atoms with Gasteiger partial charge in [-0.15, -0.1) is 0 Å². The van der Waals surface area contributed by atoms with Crippen molar-refractivity contribution < 1.29 is 9.59 Å². The summed E-state index contributed by atoms with van der Waals surface area (Å²) in [5, 5.41) is 2.30. The van der Waals surface area contributed by atoms with E-state index >= 15 is 0 Å². The highest BCUT2D eigenvalue weighted by molar-refractivity contribution is 5.99. The van der Waals surface area contributed by atoms with Crippen molar-refractivity contribution in [3.63, 3.8) is 0 Å². The Morgan fingerprint density at radius 1 is 1.20 bits per heavy atom. The molecule has 0 aromatic carbocycles. The van der Waals surface area contributed by atoms with Crippen molar-refractivity contribution in [1.82, 2.24) is 10.2 Å². The maximum atomic E-state index is 11.1. The zero-order valence-corrected chi connectivity index (χ0v) is 9.58. The molecule has 0 saturated carbocycles. The van der Waals surface area contributed by atoms with Gasteiger partial charge in [-0.25, -0.2) is 0 Å². The molecular formula is C11H20N2O2. The van der Waals surface area contributed by atoms with Gasteiger partial charge in [-0.05, 0) is 18.9 Å². The number of nitrogens with one attached hydrogen (secondary N) is 1. The van der Waals surface area contributed by atoms with Crippen molar-refractivity contribution in [2.45, 2.75) is 33.1 Å². The van der Waals surface area contributed by atoms with Crippen LogP contribution in [0.15, 0.2) is 0 Å². The summed E-state index contributed by atoms with van der Waals surface area (Å²) in [6.07, 6.45) is 3.46. The minimum Gasteiger partial charge on any atom is -0.294 e. The molecule has 0 spiro atoms. The molecule has 86 valence electrons. The minimum atomic E-state index is -0.171. The maximum Gasteiger partial charge on any atom is 0.240 e. The minimum absolute atomic E-state index is 0.171. The highest BCUT2D eigenvalue weighted by atomic mass is 16.2. The molecule has 1 heterocycles. The Labute approximate surface area is 91.0 Å². The second-order valence-corrected chi connectivity index (χ2v) is 4.57. The fraction of sp³-hybridized carbons (Fsp3) is 0.818. The zero-order valence-electron chi connectivity index (χ0n) is 9.58. The molecule has 1 rings (SSSR count). The quantitative estimate of drug-likeness (QED) is 0.541. The molecular weight excluding hydrogens is 192 g/mol. The summed E-state index contributed by atoms with van der Waals surface area (Å²) in [5.74, 6) is 0.390. The molecule has 1 N–H and O–H groups in total. The Balaban J connectivity index is 2.15. The Morgan fingerprint density at radius 3 is 2.33 bits per heavy atom. The average molecular weight is 212 g/mol. The topological polar surface area (TPSA) is 49.4 Å². The van der Waals surface area contributed by atoms with Gasteiger partial charge in [0.25, 0.3) is 0 Å². The summed E-state index contributed by atoms with van der Waals surface area (Å²) in [6.45, 7) is 6.00. The summed E-state index contributed by atoms with van der Waals surface area (Å²) in [4.78, 5) is 24.0. The van der Waals surface area contributed by atoms with Crippen LogP contribution < -0.4 is 5.32 Å². The van der Waals surface area contributed by atoms with Crippen LogP contribution in [0.25, 0.3) is 0 Å². The third-order valence-electron chi connectivity index (χ3n) is 2.52. The van der Waals surface area contributed by atoms with Crippen molar-refractivity contribution in [1.29, 1.82) is 0 Å². The molecule has 15 heavy (non-hydrogen) atoms. The lowest BCUT2D eigenvalue weighted by Crippen LogP contribution is -2.51. The highest BCUT2D eigenvalue weighted by Gasteiger charge is 2.21. The largest absolute Gasteiger partial charge is 0.294 e. The van der Waals surface area contributed by atoms with E-state index in [0.717, 1.165) is 18.9 Å². The van der Waals surface area contributed by atoms with Crippen LogP contribution in [0, 0.1) is 5.92 Å². The van der Waals surface area contributed by atoms with Crippen LogP contribution in [0.4, 0.5) is 0 Å². The molecule has 1 saturated heterocycles. The third-order valence-corrected chi connectivity index (χ3v) is 2.52. The maximum absolute atomic E-state index is 11.1. The molecule has 0 atom stereocenters. The number of piperazine rings is 1. The number of unbranched alkanes of at least 4 members (excludes halogenated alkanes) is 1. The predicted molar refractivity (Wildman–Crippen MR) is 58.3 cm³/mol. The van der Waals surface area contributed by atoms with Crippen molar-refractivity contribution in [2.75, 3.05) is 19.6 Å². The first-order chi connectivity index (χ1) is 7.08. The van der Waals surface area contributed by atoms with Crippen LogP contribution in [0.2, 0.25) is 0 Å². The summed E-state index contributed by atoms with van der Waals surface area (Å²) < 4.78 is 0. The highest BCUT2D eigenvalue weighted by Crippen LogP contribution is 2.07. The summed E-state index contributed by atoms with van der Waals surface area (Å²) >= 11 is 0. The van der Waals surface area contributed by atoms with Gasteiger partial charge in [-0.3, -0.25) is 19.8 Å². The van der Waals surface area contributed by atoms with Crippen molar-refractivity contribution in [3.05, 3.63) is 0 Å². The van der Waals surface area contributed by atoms with E-state index in [2.05, 4.69) is 19.2 Å². The van der Waals surface area contributed by atoms with Gasteiger partial charge < -0.3 is 0 Å². The number of hydrogen-bond donors (Lipinski definition) is 1. The Hall–Kier alpha value is -0.900. The average Bonchev–Trinajstić information content (AvgIpc) is 2.10. The summed E-state index contributed by atoms with van der Waals surface area (Å²) in [7, 11) is 0. The lowest BCUT2D eigenvalue weighted by molar-refractivity contribution is -0.136. The number of nitrogens with zero attached hydrogens (tertiary/aromatic N) is 1. The number of carbonyl (C=O) groups excluding carboxylic acids is 2. The van der Waals surface area contributed by atoms with Gasteiger partial charge in [-0.1, -0.05) is 26.7 Å². The first-order valence-electron chi connectivity index (χ1n) is 5.63. The Morgan fingerprint density at radius 2 is 1.80 bits per heavy atom. The molecule has 0 unspecified atom stereocenters. The molecule has 0 aromatic rings. The first kappa shape index (κ1) is 12.2. The fourth-order valence-corrected chi connectivity index (χ4v) is 1.74. The molecule has 1 aliphatic rings. The lowest BCUT2D eigenvalue weighted by atomic mass is 10.1. The molecule has 0 aliphatic carbocycles. The number of hydrogen-bond acceptors (Lipinski definition) is 3. The number of carbonyl (C=O) groups is 2. The smallest absolute Gasteiger partial charge is 0.240 e. The molecule has 0 aromatic heterocycles. The first-order valence-corrected chi connectivity index (χ1v) is 5.63. The van der Waals surface area contributed by atoms with Gasteiger partial charge in [0.15, 0.2) is 0 Å².